The number of rotatable bonds is 5. The Morgan fingerprint density at radius 1 is 1.19 bits per heavy atom. The number of nitrogens with one attached hydrogen (secondary N) is 1. The highest BCUT2D eigenvalue weighted by Gasteiger charge is 2.33. The number of carbonyl (C=O) groups excluding carboxylic acids is 2. The maximum atomic E-state index is 12.4. The summed E-state index contributed by atoms with van der Waals surface area (Å²) < 4.78 is 10.6. The topological polar surface area (TPSA) is 67.9 Å². The van der Waals surface area contributed by atoms with Crippen LogP contribution in [-0.4, -0.2) is 42.3 Å². The summed E-state index contributed by atoms with van der Waals surface area (Å²) in [5.41, 5.74) is 1.68. The second kappa shape index (κ2) is 8.25. The van der Waals surface area contributed by atoms with Crippen molar-refractivity contribution in [2.45, 2.75) is 46.3 Å². The third kappa shape index (κ3) is 5.25. The summed E-state index contributed by atoms with van der Waals surface area (Å²) in [7, 11) is 0. The number of carbonyl (C=O) groups is 2. The lowest BCUT2D eigenvalue weighted by Gasteiger charge is -2.25. The van der Waals surface area contributed by atoms with E-state index in [0.717, 1.165) is 5.56 Å². The number of benzene rings is 1. The lowest BCUT2D eigenvalue weighted by Crippen LogP contribution is -2.36. The van der Waals surface area contributed by atoms with Crippen LogP contribution in [0.15, 0.2) is 41.6 Å². The first kappa shape index (κ1) is 19.8. The summed E-state index contributed by atoms with van der Waals surface area (Å²) in [6.45, 7) is 9.99. The summed E-state index contributed by atoms with van der Waals surface area (Å²) in [5.74, 6) is -0.402. The molecule has 0 bridgehead atoms. The monoisotopic (exact) mass is 360 g/mol. The standard InChI is InChI=1S/C20H28N2O4/c1-6-25-18(23)16-12-22(19(24)26-20(3,4)5)13-17(16)21-14(2)15-10-8-7-9-11-15/h7-11,14,21H,6,12-13H2,1-5H3/t14-/m1/s1. The highest BCUT2D eigenvalue weighted by Crippen LogP contribution is 2.23. The maximum absolute atomic E-state index is 12.4. The van der Waals surface area contributed by atoms with Crippen molar-refractivity contribution in [3.05, 3.63) is 47.2 Å². The molecule has 1 amide bonds. The Morgan fingerprint density at radius 3 is 2.42 bits per heavy atom. The minimum atomic E-state index is -0.589. The van der Waals surface area contributed by atoms with Crippen molar-refractivity contribution in [2.24, 2.45) is 0 Å². The van der Waals surface area contributed by atoms with Gasteiger partial charge >= 0.3 is 12.1 Å². The molecule has 0 saturated heterocycles. The van der Waals surface area contributed by atoms with Crippen LogP contribution in [-0.2, 0) is 14.3 Å². The molecular formula is C20H28N2O4. The molecule has 0 radical (unpaired) electrons. The summed E-state index contributed by atoms with van der Waals surface area (Å²) in [6.07, 6.45) is -0.441. The molecule has 1 heterocycles. The minimum absolute atomic E-state index is 0.00536. The zero-order valence-corrected chi connectivity index (χ0v) is 16.2. The van der Waals surface area contributed by atoms with Crippen LogP contribution >= 0.6 is 0 Å². The van der Waals surface area contributed by atoms with Crippen LogP contribution < -0.4 is 5.32 Å². The smallest absolute Gasteiger partial charge is 0.410 e. The SMILES string of the molecule is CCOC(=O)C1=C(N[C@H](C)c2ccccc2)CN(C(=O)OC(C)(C)C)C1. The average molecular weight is 360 g/mol. The van der Waals surface area contributed by atoms with Gasteiger partial charge in [0, 0.05) is 11.7 Å². The van der Waals surface area contributed by atoms with Crippen molar-refractivity contribution in [2.75, 3.05) is 19.7 Å². The van der Waals surface area contributed by atoms with Crippen LogP contribution in [0, 0.1) is 0 Å². The third-order valence-corrected chi connectivity index (χ3v) is 3.93. The van der Waals surface area contributed by atoms with E-state index in [1.165, 1.54) is 4.90 Å². The van der Waals surface area contributed by atoms with Crippen LogP contribution in [0.2, 0.25) is 0 Å². The van der Waals surface area contributed by atoms with Crippen molar-refractivity contribution < 1.29 is 19.1 Å². The lowest BCUT2D eigenvalue weighted by atomic mass is 10.1. The Morgan fingerprint density at radius 2 is 1.85 bits per heavy atom. The molecule has 0 aliphatic carbocycles. The number of nitrogens with zero attached hydrogens (tertiary/aromatic N) is 1. The van der Waals surface area contributed by atoms with E-state index >= 15 is 0 Å². The van der Waals surface area contributed by atoms with Gasteiger partial charge in [-0.15, -0.1) is 0 Å². The molecule has 1 aromatic carbocycles. The zero-order chi connectivity index (χ0) is 19.3. The van der Waals surface area contributed by atoms with Gasteiger partial charge in [-0.05, 0) is 40.2 Å². The summed E-state index contributed by atoms with van der Waals surface area (Å²) in [4.78, 5) is 26.2. The van der Waals surface area contributed by atoms with Gasteiger partial charge < -0.3 is 14.8 Å². The number of ether oxygens (including phenoxy) is 2. The molecule has 0 aromatic heterocycles. The molecule has 2 rings (SSSR count). The van der Waals surface area contributed by atoms with Crippen molar-refractivity contribution in [1.29, 1.82) is 0 Å². The summed E-state index contributed by atoms with van der Waals surface area (Å²) in [5, 5.41) is 3.36. The quantitative estimate of drug-likeness (QED) is 0.815. The van der Waals surface area contributed by atoms with Gasteiger partial charge in [0.1, 0.15) is 5.60 Å². The predicted molar refractivity (Wildman–Crippen MR) is 99.5 cm³/mol. The molecule has 6 heteroatoms. The average Bonchev–Trinajstić information content (AvgIpc) is 2.98. The van der Waals surface area contributed by atoms with Gasteiger partial charge in [0.2, 0.25) is 0 Å². The molecule has 1 aliphatic heterocycles. The highest BCUT2D eigenvalue weighted by atomic mass is 16.6. The fraction of sp³-hybridized carbons (Fsp3) is 0.500. The van der Waals surface area contributed by atoms with Gasteiger partial charge in [-0.3, -0.25) is 4.90 Å². The Bertz CT molecular complexity index is 677. The zero-order valence-electron chi connectivity index (χ0n) is 16.2. The molecule has 6 nitrogen and oxygen atoms in total. The van der Waals surface area contributed by atoms with Crippen molar-refractivity contribution in [3.8, 4) is 0 Å². The predicted octanol–water partition coefficient (Wildman–Crippen LogP) is 3.41. The molecular weight excluding hydrogens is 332 g/mol. The van der Waals surface area contributed by atoms with E-state index in [1.807, 2.05) is 58.0 Å². The first-order valence-corrected chi connectivity index (χ1v) is 8.89. The van der Waals surface area contributed by atoms with Crippen molar-refractivity contribution in [3.63, 3.8) is 0 Å². The highest BCUT2D eigenvalue weighted by molar-refractivity contribution is 5.91. The van der Waals surface area contributed by atoms with E-state index in [0.29, 0.717) is 17.8 Å². The summed E-state index contributed by atoms with van der Waals surface area (Å²) >= 11 is 0. The van der Waals surface area contributed by atoms with Gasteiger partial charge in [-0.1, -0.05) is 30.3 Å². The Kier molecular flexibility index (Phi) is 6.29. The fourth-order valence-electron chi connectivity index (χ4n) is 2.71. The lowest BCUT2D eigenvalue weighted by molar-refractivity contribution is -0.138. The van der Waals surface area contributed by atoms with Crippen molar-refractivity contribution >= 4 is 12.1 Å². The molecule has 0 fully saturated rings. The number of amides is 1. The second-order valence-electron chi connectivity index (χ2n) is 7.29. The Hall–Kier alpha value is -2.50. The third-order valence-electron chi connectivity index (χ3n) is 3.93. The number of hydrogen-bond acceptors (Lipinski definition) is 5. The van der Waals surface area contributed by atoms with E-state index in [4.69, 9.17) is 9.47 Å². The largest absolute Gasteiger partial charge is 0.463 e. The van der Waals surface area contributed by atoms with Crippen molar-refractivity contribution in [1.82, 2.24) is 10.2 Å². The van der Waals surface area contributed by atoms with E-state index in [-0.39, 0.29) is 19.2 Å². The molecule has 0 unspecified atom stereocenters. The molecule has 26 heavy (non-hydrogen) atoms. The van der Waals surface area contributed by atoms with Gasteiger partial charge in [0.05, 0.1) is 25.3 Å². The van der Waals surface area contributed by atoms with E-state index < -0.39 is 17.7 Å². The Labute approximate surface area is 155 Å². The molecule has 0 saturated carbocycles. The molecule has 1 N–H and O–H groups in total. The molecule has 0 spiro atoms. The van der Waals surface area contributed by atoms with Crippen LogP contribution in [0.1, 0.15) is 46.2 Å². The van der Waals surface area contributed by atoms with Crippen LogP contribution in [0.5, 0.6) is 0 Å². The first-order valence-electron chi connectivity index (χ1n) is 8.89. The fourth-order valence-corrected chi connectivity index (χ4v) is 2.71. The van der Waals surface area contributed by atoms with Gasteiger partial charge in [-0.25, -0.2) is 9.59 Å². The van der Waals surface area contributed by atoms with Crippen LogP contribution in [0.3, 0.4) is 0 Å². The van der Waals surface area contributed by atoms with Gasteiger partial charge in [0.15, 0.2) is 0 Å². The van der Waals surface area contributed by atoms with E-state index in [2.05, 4.69) is 5.32 Å². The minimum Gasteiger partial charge on any atom is -0.463 e. The molecule has 1 aromatic rings. The van der Waals surface area contributed by atoms with Crippen LogP contribution in [0.25, 0.3) is 0 Å². The normalized spacial score (nSPS) is 15.7. The summed E-state index contributed by atoms with van der Waals surface area (Å²) in [6, 6.07) is 9.92. The molecule has 1 aliphatic rings. The van der Waals surface area contributed by atoms with Gasteiger partial charge in [0.25, 0.3) is 0 Å². The first-order chi connectivity index (χ1) is 12.2. The molecule has 142 valence electrons. The van der Waals surface area contributed by atoms with E-state index in [9.17, 15) is 9.59 Å². The number of esters is 1. The number of hydrogen-bond donors (Lipinski definition) is 1. The van der Waals surface area contributed by atoms with Gasteiger partial charge in [-0.2, -0.15) is 0 Å². The molecule has 1 atom stereocenters. The maximum Gasteiger partial charge on any atom is 0.410 e. The van der Waals surface area contributed by atoms with Crippen LogP contribution in [0.4, 0.5) is 4.79 Å². The second-order valence-corrected chi connectivity index (χ2v) is 7.29. The van der Waals surface area contributed by atoms with E-state index in [1.54, 1.807) is 6.92 Å². The Balaban J connectivity index is 2.16.